The quantitative estimate of drug-likeness (QED) is 0.680. The number of allylic oxidation sites excluding steroid dienone is 1. The first-order valence-electron chi connectivity index (χ1n) is 5.07. The highest BCUT2D eigenvalue weighted by molar-refractivity contribution is 5.61. The van der Waals surface area contributed by atoms with Crippen molar-refractivity contribution in [3.8, 4) is 11.3 Å². The van der Waals surface area contributed by atoms with Gasteiger partial charge in [-0.15, -0.1) is 6.58 Å². The van der Waals surface area contributed by atoms with E-state index in [1.165, 1.54) is 5.56 Å². The third-order valence-corrected chi connectivity index (χ3v) is 2.35. The molecule has 2 rings (SSSR count). The molecule has 0 atom stereocenters. The van der Waals surface area contributed by atoms with E-state index >= 15 is 0 Å². The second kappa shape index (κ2) is 4.18. The van der Waals surface area contributed by atoms with Gasteiger partial charge >= 0.3 is 0 Å². The van der Waals surface area contributed by atoms with Gasteiger partial charge in [-0.3, -0.25) is 0 Å². The third-order valence-electron chi connectivity index (χ3n) is 2.35. The Morgan fingerprint density at radius 3 is 2.67 bits per heavy atom. The van der Waals surface area contributed by atoms with Crippen molar-refractivity contribution in [3.63, 3.8) is 0 Å². The van der Waals surface area contributed by atoms with Gasteiger partial charge in [0.25, 0.3) is 0 Å². The Morgan fingerprint density at radius 2 is 2.00 bits per heavy atom. The zero-order valence-electron chi connectivity index (χ0n) is 8.86. The van der Waals surface area contributed by atoms with Gasteiger partial charge in [0.1, 0.15) is 11.5 Å². The highest BCUT2D eigenvalue weighted by atomic mass is 16.3. The van der Waals surface area contributed by atoms with Gasteiger partial charge in [-0.05, 0) is 18.6 Å². The van der Waals surface area contributed by atoms with Gasteiger partial charge in [-0.1, -0.05) is 36.4 Å². The molecule has 0 N–H and O–H groups in total. The van der Waals surface area contributed by atoms with E-state index in [0.29, 0.717) is 0 Å². The summed E-state index contributed by atoms with van der Waals surface area (Å²) >= 11 is 0. The summed E-state index contributed by atoms with van der Waals surface area (Å²) in [4.78, 5) is 0. The predicted molar refractivity (Wildman–Crippen MR) is 62.8 cm³/mol. The maximum atomic E-state index is 5.77. The van der Waals surface area contributed by atoms with Crippen molar-refractivity contribution in [2.45, 2.75) is 13.3 Å². The van der Waals surface area contributed by atoms with Gasteiger partial charge < -0.3 is 4.42 Å². The van der Waals surface area contributed by atoms with Gasteiger partial charge in [-0.2, -0.15) is 0 Å². The molecule has 1 heterocycles. The highest BCUT2D eigenvalue weighted by Gasteiger charge is 2.07. The van der Waals surface area contributed by atoms with Crippen molar-refractivity contribution < 1.29 is 4.42 Å². The normalized spacial score (nSPS) is 10.2. The highest BCUT2D eigenvalue weighted by Crippen LogP contribution is 2.26. The summed E-state index contributed by atoms with van der Waals surface area (Å²) in [5.41, 5.74) is 2.31. The smallest absolute Gasteiger partial charge is 0.137 e. The van der Waals surface area contributed by atoms with Crippen LogP contribution in [0.2, 0.25) is 0 Å². The van der Waals surface area contributed by atoms with Crippen molar-refractivity contribution >= 4 is 0 Å². The van der Waals surface area contributed by atoms with Crippen molar-refractivity contribution in [3.05, 3.63) is 60.4 Å². The Labute approximate surface area is 90.1 Å². The molecule has 1 aromatic heterocycles. The summed E-state index contributed by atoms with van der Waals surface area (Å²) < 4.78 is 5.77. The Morgan fingerprint density at radius 1 is 1.27 bits per heavy atom. The fourth-order valence-electron chi connectivity index (χ4n) is 1.67. The van der Waals surface area contributed by atoms with Crippen LogP contribution in [0.4, 0.5) is 0 Å². The number of rotatable bonds is 3. The molecule has 0 unspecified atom stereocenters. The lowest BCUT2D eigenvalue weighted by Crippen LogP contribution is -1.75. The minimum atomic E-state index is 0.785. The molecule has 0 aliphatic heterocycles. The van der Waals surface area contributed by atoms with Crippen molar-refractivity contribution in [1.29, 1.82) is 0 Å². The van der Waals surface area contributed by atoms with E-state index < -0.39 is 0 Å². The Balaban J connectivity index is 2.40. The third kappa shape index (κ3) is 2.01. The van der Waals surface area contributed by atoms with Crippen LogP contribution in [0.1, 0.15) is 11.3 Å². The minimum Gasteiger partial charge on any atom is -0.460 e. The molecule has 76 valence electrons. The molecular formula is C14H14O. The van der Waals surface area contributed by atoms with E-state index in [9.17, 15) is 0 Å². The number of hydrogen-bond acceptors (Lipinski definition) is 1. The van der Waals surface area contributed by atoms with E-state index in [1.807, 2.05) is 24.3 Å². The van der Waals surface area contributed by atoms with Crippen LogP contribution in [0.5, 0.6) is 0 Å². The van der Waals surface area contributed by atoms with Gasteiger partial charge in [0, 0.05) is 12.0 Å². The van der Waals surface area contributed by atoms with Gasteiger partial charge in [0.2, 0.25) is 0 Å². The molecule has 0 spiro atoms. The molecule has 0 bridgehead atoms. The zero-order chi connectivity index (χ0) is 10.7. The van der Waals surface area contributed by atoms with Crippen LogP contribution < -0.4 is 0 Å². The summed E-state index contributed by atoms with van der Waals surface area (Å²) in [5, 5.41) is 0. The topological polar surface area (TPSA) is 13.1 Å². The Bertz CT molecular complexity index is 451. The molecule has 1 aromatic carbocycles. The lowest BCUT2D eigenvalue weighted by molar-refractivity contribution is 0.535. The van der Waals surface area contributed by atoms with Crippen molar-refractivity contribution in [2.75, 3.05) is 0 Å². The molecule has 0 fully saturated rings. The lowest BCUT2D eigenvalue weighted by atomic mass is 10.1. The average molecular weight is 198 g/mol. The molecule has 0 aliphatic rings. The predicted octanol–water partition coefficient (Wildman–Crippen LogP) is 3.98. The standard InChI is InChI=1S/C14H14O/c1-3-7-13-10-11(2)14(15-13)12-8-5-4-6-9-12/h3-6,8-10H,1,7H2,2H3. The molecule has 0 saturated heterocycles. The number of benzene rings is 1. The SMILES string of the molecule is C=CCc1cc(C)c(-c2ccccc2)o1. The first-order chi connectivity index (χ1) is 7.31. The summed E-state index contributed by atoms with van der Waals surface area (Å²) in [6.07, 6.45) is 2.64. The molecule has 0 aliphatic carbocycles. The first-order valence-corrected chi connectivity index (χ1v) is 5.07. The van der Waals surface area contributed by atoms with Crippen LogP contribution in [0.25, 0.3) is 11.3 Å². The molecule has 15 heavy (non-hydrogen) atoms. The summed E-state index contributed by atoms with van der Waals surface area (Å²) in [7, 11) is 0. The van der Waals surface area contributed by atoms with Crippen LogP contribution in [-0.2, 0) is 6.42 Å². The van der Waals surface area contributed by atoms with Crippen LogP contribution >= 0.6 is 0 Å². The molecule has 1 heteroatoms. The van der Waals surface area contributed by atoms with Crippen LogP contribution in [0.3, 0.4) is 0 Å². The second-order valence-electron chi connectivity index (χ2n) is 3.58. The molecule has 0 radical (unpaired) electrons. The summed E-state index contributed by atoms with van der Waals surface area (Å²) in [6, 6.07) is 12.2. The van der Waals surface area contributed by atoms with Crippen LogP contribution in [0, 0.1) is 6.92 Å². The minimum absolute atomic E-state index is 0.785. The molecule has 2 aromatic rings. The maximum absolute atomic E-state index is 5.77. The first kappa shape index (κ1) is 9.78. The van der Waals surface area contributed by atoms with E-state index in [-0.39, 0.29) is 0 Å². The van der Waals surface area contributed by atoms with Gasteiger partial charge in [-0.25, -0.2) is 0 Å². The lowest BCUT2D eigenvalue weighted by Gasteiger charge is -1.97. The fraction of sp³-hybridized carbons (Fsp3) is 0.143. The average Bonchev–Trinajstić information content (AvgIpc) is 2.61. The molecule has 1 nitrogen and oxygen atoms in total. The van der Waals surface area contributed by atoms with Crippen molar-refractivity contribution in [1.82, 2.24) is 0 Å². The van der Waals surface area contributed by atoms with Crippen LogP contribution in [0.15, 0.2) is 53.5 Å². The van der Waals surface area contributed by atoms with Gasteiger partial charge in [0.15, 0.2) is 0 Å². The van der Waals surface area contributed by atoms with E-state index in [4.69, 9.17) is 4.42 Å². The van der Waals surface area contributed by atoms with E-state index in [1.54, 1.807) is 0 Å². The monoisotopic (exact) mass is 198 g/mol. The molecule has 0 amide bonds. The largest absolute Gasteiger partial charge is 0.460 e. The number of aryl methyl sites for hydroxylation is 1. The van der Waals surface area contributed by atoms with Crippen molar-refractivity contribution in [2.24, 2.45) is 0 Å². The second-order valence-corrected chi connectivity index (χ2v) is 3.58. The summed E-state index contributed by atoms with van der Waals surface area (Å²) in [6.45, 7) is 5.78. The molecule has 0 saturated carbocycles. The molecular weight excluding hydrogens is 184 g/mol. The van der Waals surface area contributed by atoms with Gasteiger partial charge in [0.05, 0.1) is 0 Å². The number of furan rings is 1. The summed E-state index contributed by atoms with van der Waals surface area (Å²) in [5.74, 6) is 1.94. The van der Waals surface area contributed by atoms with Crippen LogP contribution in [-0.4, -0.2) is 0 Å². The fourth-order valence-corrected chi connectivity index (χ4v) is 1.67. The maximum Gasteiger partial charge on any atom is 0.137 e. The Kier molecular flexibility index (Phi) is 2.72. The number of hydrogen-bond donors (Lipinski definition) is 0. The zero-order valence-corrected chi connectivity index (χ0v) is 8.86. The van der Waals surface area contributed by atoms with E-state index in [0.717, 1.165) is 23.5 Å². The van der Waals surface area contributed by atoms with E-state index in [2.05, 4.69) is 31.7 Å². The Hall–Kier alpha value is -1.76.